The lowest BCUT2D eigenvalue weighted by Crippen LogP contribution is -2.25. The molecule has 0 aliphatic carbocycles. The Kier molecular flexibility index (Phi) is 6.47. The van der Waals surface area contributed by atoms with E-state index in [0.717, 1.165) is 42.5 Å². The fraction of sp³-hybridized carbons (Fsp3) is 0.368. The number of ether oxygens (including phenoxy) is 2. The van der Waals surface area contributed by atoms with Crippen molar-refractivity contribution >= 4 is 13.4 Å². The number of benzene rings is 2. The Bertz CT molecular complexity index is 1140. The maximum Gasteiger partial charge on any atom is 0.573 e. The lowest BCUT2D eigenvalue weighted by Gasteiger charge is -2.28. The van der Waals surface area contributed by atoms with Crippen molar-refractivity contribution in [1.29, 1.82) is 0 Å². The highest BCUT2D eigenvalue weighted by atomic mass is 31.2. The normalized spacial score (nSPS) is 17.7. The average molecular weight is 527 g/mol. The van der Waals surface area contributed by atoms with Gasteiger partial charge in [-0.05, 0) is 42.0 Å². The van der Waals surface area contributed by atoms with Crippen LogP contribution >= 0.6 is 7.67 Å². The quantitative estimate of drug-likeness (QED) is 0.136. The Morgan fingerprint density at radius 3 is 1.91 bits per heavy atom. The number of hydrogen-bond donors (Lipinski definition) is 0. The SMILES string of the molecule is O=[N+]([O-])c1ccc(C(OP(=O)(N2CC2)N2CC2)C(F)(F)F)cc1Oc1ccc(OC(F)(F)F)cc1. The maximum absolute atomic E-state index is 13.9. The highest BCUT2D eigenvalue weighted by molar-refractivity contribution is 7.54. The molecule has 0 radical (unpaired) electrons. The zero-order valence-electron chi connectivity index (χ0n) is 17.5. The van der Waals surface area contributed by atoms with Gasteiger partial charge in [0.2, 0.25) is 5.75 Å². The first-order valence-corrected chi connectivity index (χ1v) is 11.5. The van der Waals surface area contributed by atoms with E-state index in [1.165, 1.54) is 9.34 Å². The third kappa shape index (κ3) is 6.04. The minimum atomic E-state index is -5.02. The van der Waals surface area contributed by atoms with Crippen LogP contribution in [-0.4, -0.2) is 53.0 Å². The fourth-order valence-electron chi connectivity index (χ4n) is 3.12. The third-order valence-electron chi connectivity index (χ3n) is 4.87. The number of nitrogens with zero attached hydrogens (tertiary/aromatic N) is 3. The van der Waals surface area contributed by atoms with E-state index in [-0.39, 0.29) is 5.75 Å². The van der Waals surface area contributed by atoms with Gasteiger partial charge in [0.25, 0.3) is 0 Å². The summed E-state index contributed by atoms with van der Waals surface area (Å²) in [6.45, 7) is 1.23. The predicted molar refractivity (Wildman–Crippen MR) is 107 cm³/mol. The fourth-order valence-corrected chi connectivity index (χ4v) is 5.45. The molecule has 4 rings (SSSR count). The summed E-state index contributed by atoms with van der Waals surface area (Å²) in [6, 6.07) is 6.03. The summed E-state index contributed by atoms with van der Waals surface area (Å²) in [5.41, 5.74) is -1.30. The summed E-state index contributed by atoms with van der Waals surface area (Å²) >= 11 is 0. The van der Waals surface area contributed by atoms with Gasteiger partial charge in [0.15, 0.2) is 6.10 Å². The zero-order valence-corrected chi connectivity index (χ0v) is 18.3. The summed E-state index contributed by atoms with van der Waals surface area (Å²) in [5, 5.41) is 11.4. The van der Waals surface area contributed by atoms with Gasteiger partial charge in [-0.2, -0.15) is 13.2 Å². The van der Waals surface area contributed by atoms with Crippen molar-refractivity contribution in [1.82, 2.24) is 9.34 Å². The third-order valence-corrected chi connectivity index (χ3v) is 7.59. The van der Waals surface area contributed by atoms with E-state index < -0.39 is 54.0 Å². The molecule has 2 aliphatic rings. The van der Waals surface area contributed by atoms with Gasteiger partial charge in [-0.1, -0.05) is 0 Å². The number of hydrogen-bond acceptors (Lipinski definition) is 6. The van der Waals surface area contributed by atoms with Crippen LogP contribution in [0.25, 0.3) is 0 Å². The van der Waals surface area contributed by atoms with Gasteiger partial charge in [0.1, 0.15) is 11.5 Å². The zero-order chi connectivity index (χ0) is 25.6. The van der Waals surface area contributed by atoms with Crippen molar-refractivity contribution in [3.05, 3.63) is 58.1 Å². The Hall–Kier alpha value is -2.87. The summed E-state index contributed by atoms with van der Waals surface area (Å²) in [7, 11) is -3.93. The minimum Gasteiger partial charge on any atom is -0.450 e. The van der Waals surface area contributed by atoms with Crippen molar-refractivity contribution in [2.75, 3.05) is 26.2 Å². The number of nitro groups is 1. The summed E-state index contributed by atoms with van der Waals surface area (Å²) < 4.78 is 109. The van der Waals surface area contributed by atoms with Crippen LogP contribution in [0, 0.1) is 10.1 Å². The van der Waals surface area contributed by atoms with Gasteiger partial charge in [-0.15, -0.1) is 13.2 Å². The van der Waals surface area contributed by atoms with Crippen LogP contribution in [0.3, 0.4) is 0 Å². The smallest absolute Gasteiger partial charge is 0.450 e. The van der Waals surface area contributed by atoms with Gasteiger partial charge in [0.05, 0.1) is 4.92 Å². The molecule has 0 aromatic heterocycles. The van der Waals surface area contributed by atoms with Crippen molar-refractivity contribution in [3.63, 3.8) is 0 Å². The van der Waals surface area contributed by atoms with Crippen molar-refractivity contribution in [2.24, 2.45) is 0 Å². The molecule has 2 fully saturated rings. The second-order valence-electron chi connectivity index (χ2n) is 7.53. The predicted octanol–water partition coefficient (Wildman–Crippen LogP) is 5.65. The molecule has 0 N–H and O–H groups in total. The number of rotatable bonds is 9. The monoisotopic (exact) mass is 527 g/mol. The Morgan fingerprint density at radius 2 is 1.46 bits per heavy atom. The van der Waals surface area contributed by atoms with Crippen LogP contribution in [0.4, 0.5) is 32.0 Å². The molecule has 9 nitrogen and oxygen atoms in total. The van der Waals surface area contributed by atoms with Gasteiger partial charge in [0, 0.05) is 32.2 Å². The molecule has 2 aromatic rings. The average Bonchev–Trinajstić information content (AvgIpc) is 3.63. The summed E-state index contributed by atoms with van der Waals surface area (Å²) in [5.74, 6) is -1.43. The van der Waals surface area contributed by atoms with E-state index >= 15 is 0 Å². The van der Waals surface area contributed by atoms with Crippen LogP contribution < -0.4 is 9.47 Å². The van der Waals surface area contributed by atoms with Gasteiger partial charge >= 0.3 is 25.9 Å². The standard InChI is InChI=1S/C19H16F6N3O6P/c20-18(21,22)17(34-35(31,26-7-8-26)27-9-10-27)12-1-6-15(28(29)30)16(11-12)32-13-2-4-14(5-3-13)33-19(23,24)25/h1-6,11,17H,7-10H2. The second kappa shape index (κ2) is 8.97. The number of halogens is 6. The van der Waals surface area contributed by atoms with Crippen LogP contribution in [-0.2, 0) is 9.09 Å². The largest absolute Gasteiger partial charge is 0.573 e. The van der Waals surface area contributed by atoms with E-state index in [4.69, 9.17) is 9.26 Å². The van der Waals surface area contributed by atoms with Crippen LogP contribution in [0.2, 0.25) is 0 Å². The van der Waals surface area contributed by atoms with Crippen LogP contribution in [0.1, 0.15) is 11.7 Å². The van der Waals surface area contributed by atoms with Crippen molar-refractivity contribution in [3.8, 4) is 17.2 Å². The molecular formula is C19H16F6N3O6P. The molecule has 0 spiro atoms. The molecule has 2 heterocycles. The summed E-state index contributed by atoms with van der Waals surface area (Å²) in [4.78, 5) is 10.5. The first-order valence-electron chi connectivity index (χ1n) is 9.94. The molecule has 35 heavy (non-hydrogen) atoms. The maximum atomic E-state index is 13.9. The van der Waals surface area contributed by atoms with Gasteiger partial charge in [-0.25, -0.2) is 9.34 Å². The molecule has 16 heteroatoms. The minimum absolute atomic E-state index is 0.205. The molecule has 2 aromatic carbocycles. The van der Waals surface area contributed by atoms with E-state index in [0.29, 0.717) is 26.2 Å². The second-order valence-corrected chi connectivity index (χ2v) is 9.85. The topological polar surface area (TPSA) is 93.9 Å². The molecule has 2 saturated heterocycles. The molecular weight excluding hydrogens is 511 g/mol. The lowest BCUT2D eigenvalue weighted by atomic mass is 10.1. The highest BCUT2D eigenvalue weighted by Crippen LogP contribution is 2.64. The Balaban J connectivity index is 1.64. The Morgan fingerprint density at radius 1 is 0.914 bits per heavy atom. The first-order chi connectivity index (χ1) is 16.3. The van der Waals surface area contributed by atoms with E-state index in [9.17, 15) is 41.0 Å². The van der Waals surface area contributed by atoms with Crippen LogP contribution in [0.15, 0.2) is 42.5 Å². The van der Waals surface area contributed by atoms with E-state index in [1.807, 2.05) is 0 Å². The van der Waals surface area contributed by atoms with Gasteiger partial charge in [-0.3, -0.25) is 19.2 Å². The molecule has 0 saturated carbocycles. The highest BCUT2D eigenvalue weighted by Gasteiger charge is 2.55. The summed E-state index contributed by atoms with van der Waals surface area (Å²) in [6.07, 6.45) is -12.7. The molecule has 0 amide bonds. The van der Waals surface area contributed by atoms with E-state index in [2.05, 4.69) is 4.74 Å². The van der Waals surface area contributed by atoms with E-state index in [1.54, 1.807) is 0 Å². The first kappa shape index (κ1) is 25.2. The van der Waals surface area contributed by atoms with Crippen molar-refractivity contribution in [2.45, 2.75) is 18.6 Å². The van der Waals surface area contributed by atoms with Gasteiger partial charge < -0.3 is 9.47 Å². The molecule has 2 aliphatic heterocycles. The molecule has 0 bridgehead atoms. The van der Waals surface area contributed by atoms with Crippen LogP contribution in [0.5, 0.6) is 17.2 Å². The number of nitro benzene ring substituents is 1. The lowest BCUT2D eigenvalue weighted by molar-refractivity contribution is -0.385. The molecule has 1 atom stereocenters. The number of alkyl halides is 6. The van der Waals surface area contributed by atoms with Crippen molar-refractivity contribution < 1.29 is 49.8 Å². The molecule has 1 unspecified atom stereocenters. The Labute approximate surface area is 193 Å². The molecule has 190 valence electrons.